The molecule has 1 aromatic heterocycles. The molecule has 0 fully saturated rings. The average molecular weight is 186 g/mol. The van der Waals surface area contributed by atoms with Crippen LogP contribution in [-0.4, -0.2) is 4.98 Å². The highest BCUT2D eigenvalue weighted by Crippen LogP contribution is 2.22. The van der Waals surface area contributed by atoms with Gasteiger partial charge in [-0.3, -0.25) is 4.98 Å². The van der Waals surface area contributed by atoms with E-state index in [-0.39, 0.29) is 0 Å². The quantitative estimate of drug-likeness (QED) is 0.675. The molecule has 0 atom stereocenters. The number of nitriles is 1. The molecule has 0 radical (unpaired) electrons. The zero-order valence-electron chi connectivity index (χ0n) is 8.51. The molecular formula is C12H14N2. The Bertz CT molecular complexity index is 388. The third kappa shape index (κ3) is 1.63. The fourth-order valence-corrected chi connectivity index (χ4v) is 2.05. The van der Waals surface area contributed by atoms with Crippen LogP contribution in [0.4, 0.5) is 0 Å². The van der Waals surface area contributed by atoms with Gasteiger partial charge < -0.3 is 0 Å². The van der Waals surface area contributed by atoms with Crippen molar-refractivity contribution >= 4 is 0 Å². The highest BCUT2D eigenvalue weighted by atomic mass is 14.7. The number of aromatic nitrogens is 1. The van der Waals surface area contributed by atoms with E-state index in [2.05, 4.69) is 17.1 Å². The molecule has 2 nitrogen and oxygen atoms in total. The van der Waals surface area contributed by atoms with Crippen LogP contribution in [0.25, 0.3) is 0 Å². The van der Waals surface area contributed by atoms with Crippen molar-refractivity contribution in [3.8, 4) is 6.07 Å². The minimum Gasteiger partial charge on any atom is -0.258 e. The molecule has 0 bridgehead atoms. The van der Waals surface area contributed by atoms with E-state index >= 15 is 0 Å². The number of pyridine rings is 1. The van der Waals surface area contributed by atoms with Gasteiger partial charge in [-0.05, 0) is 43.7 Å². The van der Waals surface area contributed by atoms with Crippen molar-refractivity contribution in [1.82, 2.24) is 4.98 Å². The minimum atomic E-state index is 0.492. The van der Waals surface area contributed by atoms with Gasteiger partial charge in [0, 0.05) is 11.4 Å². The normalized spacial score (nSPS) is 14.6. The Balaban J connectivity index is 2.41. The van der Waals surface area contributed by atoms with E-state index in [1.807, 2.05) is 6.92 Å². The highest BCUT2D eigenvalue weighted by Gasteiger charge is 2.12. The zero-order valence-corrected chi connectivity index (χ0v) is 8.51. The van der Waals surface area contributed by atoms with Crippen LogP contribution in [-0.2, 0) is 19.3 Å². The van der Waals surface area contributed by atoms with E-state index in [1.165, 1.54) is 24.1 Å². The lowest BCUT2D eigenvalue weighted by atomic mass is 9.93. The number of hydrogen-bond acceptors (Lipinski definition) is 2. The Labute approximate surface area is 84.6 Å². The summed E-state index contributed by atoms with van der Waals surface area (Å²) in [7, 11) is 0. The molecule has 0 saturated carbocycles. The van der Waals surface area contributed by atoms with Crippen LogP contribution in [0.5, 0.6) is 0 Å². The molecule has 1 aliphatic rings. The van der Waals surface area contributed by atoms with Gasteiger partial charge in [0.25, 0.3) is 0 Å². The van der Waals surface area contributed by atoms with Crippen molar-refractivity contribution in [2.75, 3.05) is 0 Å². The molecule has 2 heteroatoms. The Morgan fingerprint density at radius 2 is 2.21 bits per heavy atom. The maximum absolute atomic E-state index is 8.67. The first-order valence-electron chi connectivity index (χ1n) is 5.16. The lowest BCUT2D eigenvalue weighted by Crippen LogP contribution is -2.08. The first kappa shape index (κ1) is 9.21. The predicted octanol–water partition coefficient (Wildman–Crippen LogP) is 2.33. The summed E-state index contributed by atoms with van der Waals surface area (Å²) in [6, 6.07) is 4.37. The first-order valence-corrected chi connectivity index (χ1v) is 5.16. The van der Waals surface area contributed by atoms with Gasteiger partial charge in [0.15, 0.2) is 0 Å². The molecule has 0 aromatic carbocycles. The molecule has 0 saturated heterocycles. The second-order valence-corrected chi connectivity index (χ2v) is 3.88. The van der Waals surface area contributed by atoms with Crippen molar-refractivity contribution in [3.05, 3.63) is 28.6 Å². The monoisotopic (exact) mass is 186 g/mol. The van der Waals surface area contributed by atoms with Crippen LogP contribution in [0.3, 0.4) is 0 Å². The predicted molar refractivity (Wildman–Crippen MR) is 54.9 cm³/mol. The van der Waals surface area contributed by atoms with Crippen molar-refractivity contribution in [2.24, 2.45) is 0 Å². The van der Waals surface area contributed by atoms with E-state index in [9.17, 15) is 0 Å². The topological polar surface area (TPSA) is 36.7 Å². The van der Waals surface area contributed by atoms with Gasteiger partial charge in [0.2, 0.25) is 0 Å². The number of aryl methyl sites for hydroxylation is 3. The summed E-state index contributed by atoms with van der Waals surface area (Å²) < 4.78 is 0. The zero-order chi connectivity index (χ0) is 9.97. The van der Waals surface area contributed by atoms with Crippen LogP contribution in [0.1, 0.15) is 35.4 Å². The maximum atomic E-state index is 8.67. The summed E-state index contributed by atoms with van der Waals surface area (Å²) in [5, 5.41) is 8.67. The Hall–Kier alpha value is -1.36. The standard InChI is InChI=1S/C12H14N2/c1-9-10(6-7-13)8-11-4-2-3-5-12(11)14-9/h8H,2-6H2,1H3. The molecule has 14 heavy (non-hydrogen) atoms. The van der Waals surface area contributed by atoms with Gasteiger partial charge in [-0.15, -0.1) is 0 Å². The van der Waals surface area contributed by atoms with Gasteiger partial charge in [-0.25, -0.2) is 0 Å². The fourth-order valence-electron chi connectivity index (χ4n) is 2.05. The van der Waals surface area contributed by atoms with Crippen LogP contribution in [0, 0.1) is 18.3 Å². The van der Waals surface area contributed by atoms with Gasteiger partial charge in [-0.2, -0.15) is 5.26 Å². The number of fused-ring (bicyclic) bond motifs is 1. The smallest absolute Gasteiger partial charge is 0.0670 e. The average Bonchev–Trinajstić information content (AvgIpc) is 2.19. The number of hydrogen-bond donors (Lipinski definition) is 0. The summed E-state index contributed by atoms with van der Waals surface area (Å²) in [5.41, 5.74) is 4.77. The summed E-state index contributed by atoms with van der Waals surface area (Å²) in [6.07, 6.45) is 5.27. The first-order chi connectivity index (χ1) is 6.81. The summed E-state index contributed by atoms with van der Waals surface area (Å²) in [4.78, 5) is 4.58. The van der Waals surface area contributed by atoms with Crippen LogP contribution >= 0.6 is 0 Å². The van der Waals surface area contributed by atoms with Crippen molar-refractivity contribution in [2.45, 2.75) is 39.0 Å². The van der Waals surface area contributed by atoms with Crippen LogP contribution in [0.15, 0.2) is 6.07 Å². The second-order valence-electron chi connectivity index (χ2n) is 3.88. The van der Waals surface area contributed by atoms with E-state index < -0.39 is 0 Å². The van der Waals surface area contributed by atoms with Crippen molar-refractivity contribution in [1.29, 1.82) is 5.26 Å². The Morgan fingerprint density at radius 1 is 1.43 bits per heavy atom. The third-order valence-electron chi connectivity index (χ3n) is 2.87. The third-order valence-corrected chi connectivity index (χ3v) is 2.87. The Morgan fingerprint density at radius 3 is 3.00 bits per heavy atom. The summed E-state index contributed by atoms with van der Waals surface area (Å²) in [6.45, 7) is 2.00. The van der Waals surface area contributed by atoms with Gasteiger partial charge in [0.1, 0.15) is 0 Å². The van der Waals surface area contributed by atoms with Crippen molar-refractivity contribution in [3.63, 3.8) is 0 Å². The van der Waals surface area contributed by atoms with Crippen LogP contribution < -0.4 is 0 Å². The molecule has 0 spiro atoms. The molecule has 1 heterocycles. The number of rotatable bonds is 1. The largest absolute Gasteiger partial charge is 0.258 e. The molecule has 0 aliphatic heterocycles. The molecule has 2 rings (SSSR count). The lowest BCUT2D eigenvalue weighted by molar-refractivity contribution is 0.663. The Kier molecular flexibility index (Phi) is 2.49. The molecule has 0 unspecified atom stereocenters. The molecule has 0 amide bonds. The van der Waals surface area contributed by atoms with E-state index in [0.717, 1.165) is 24.1 Å². The van der Waals surface area contributed by atoms with Crippen molar-refractivity contribution < 1.29 is 0 Å². The molecule has 72 valence electrons. The van der Waals surface area contributed by atoms with Gasteiger partial charge in [0.05, 0.1) is 12.5 Å². The van der Waals surface area contributed by atoms with Gasteiger partial charge >= 0.3 is 0 Å². The van der Waals surface area contributed by atoms with Gasteiger partial charge in [-0.1, -0.05) is 6.07 Å². The van der Waals surface area contributed by atoms with E-state index in [0.29, 0.717) is 6.42 Å². The highest BCUT2D eigenvalue weighted by molar-refractivity contribution is 5.33. The number of nitrogens with zero attached hydrogens (tertiary/aromatic N) is 2. The molecule has 1 aromatic rings. The van der Waals surface area contributed by atoms with E-state index in [1.54, 1.807) is 0 Å². The fraction of sp³-hybridized carbons (Fsp3) is 0.500. The lowest BCUT2D eigenvalue weighted by Gasteiger charge is -2.16. The minimum absolute atomic E-state index is 0.492. The van der Waals surface area contributed by atoms with Crippen LogP contribution in [0.2, 0.25) is 0 Å². The molecule has 1 aliphatic carbocycles. The van der Waals surface area contributed by atoms with E-state index in [4.69, 9.17) is 5.26 Å². The summed E-state index contributed by atoms with van der Waals surface area (Å²) >= 11 is 0. The second kappa shape index (κ2) is 3.79. The summed E-state index contributed by atoms with van der Waals surface area (Å²) in [5.74, 6) is 0. The SMILES string of the molecule is Cc1nc2c(cc1CC#N)CCCC2. The molecule has 0 N–H and O–H groups in total. The molecular weight excluding hydrogens is 172 g/mol. The maximum Gasteiger partial charge on any atom is 0.0670 e.